The molecule has 4 heteroatoms. The van der Waals surface area contributed by atoms with Gasteiger partial charge in [-0.05, 0) is 51.9 Å². The Labute approximate surface area is 128 Å². The minimum atomic E-state index is -0.165. The quantitative estimate of drug-likeness (QED) is 0.906. The summed E-state index contributed by atoms with van der Waals surface area (Å²) < 4.78 is 11.0. The average Bonchev–Trinajstić information content (AvgIpc) is 2.54. The Morgan fingerprint density at radius 1 is 1.05 bits per heavy atom. The molecule has 1 saturated heterocycles. The summed E-state index contributed by atoms with van der Waals surface area (Å²) in [6, 6.07) is 5.66. The summed E-state index contributed by atoms with van der Waals surface area (Å²) >= 11 is 0. The molecule has 1 heterocycles. The van der Waals surface area contributed by atoms with E-state index in [2.05, 4.69) is 18.7 Å². The van der Waals surface area contributed by atoms with E-state index in [1.54, 1.807) is 14.2 Å². The van der Waals surface area contributed by atoms with Crippen LogP contribution in [-0.2, 0) is 0 Å². The van der Waals surface area contributed by atoms with E-state index in [9.17, 15) is 0 Å². The van der Waals surface area contributed by atoms with Gasteiger partial charge in [-0.15, -0.1) is 0 Å². The highest BCUT2D eigenvalue weighted by molar-refractivity contribution is 5.48. The summed E-state index contributed by atoms with van der Waals surface area (Å²) in [4.78, 5) is 2.49. The molecule has 21 heavy (non-hydrogen) atoms. The molecule has 0 spiro atoms. The molecule has 0 saturated carbocycles. The van der Waals surface area contributed by atoms with Crippen LogP contribution >= 0.6 is 0 Å². The summed E-state index contributed by atoms with van der Waals surface area (Å²) in [6.45, 7) is 6.65. The number of hydrogen-bond donors (Lipinski definition) is 1. The summed E-state index contributed by atoms with van der Waals surface area (Å²) in [7, 11) is 3.36. The van der Waals surface area contributed by atoms with Gasteiger partial charge in [0.25, 0.3) is 0 Å². The molecule has 118 valence electrons. The van der Waals surface area contributed by atoms with Gasteiger partial charge < -0.3 is 15.2 Å². The van der Waals surface area contributed by atoms with Crippen LogP contribution in [0.15, 0.2) is 18.2 Å². The fraction of sp³-hybridized carbons (Fsp3) is 0.647. The lowest BCUT2D eigenvalue weighted by Crippen LogP contribution is -2.53. The Morgan fingerprint density at radius 2 is 1.57 bits per heavy atom. The highest BCUT2D eigenvalue weighted by atomic mass is 16.5. The number of ether oxygens (including phenoxy) is 2. The molecule has 1 aliphatic rings. The first-order valence-electron chi connectivity index (χ1n) is 7.74. The van der Waals surface area contributed by atoms with Crippen LogP contribution in [-0.4, -0.2) is 37.7 Å². The maximum absolute atomic E-state index is 6.65. The average molecular weight is 292 g/mol. The van der Waals surface area contributed by atoms with Crippen molar-refractivity contribution >= 4 is 0 Å². The Morgan fingerprint density at radius 3 is 2.05 bits per heavy atom. The molecule has 1 aliphatic heterocycles. The van der Waals surface area contributed by atoms with Crippen LogP contribution in [0.4, 0.5) is 0 Å². The van der Waals surface area contributed by atoms with Gasteiger partial charge in [0.2, 0.25) is 0 Å². The number of rotatable bonds is 5. The second-order valence-corrected chi connectivity index (χ2v) is 6.26. The van der Waals surface area contributed by atoms with Gasteiger partial charge in [0, 0.05) is 5.54 Å². The third kappa shape index (κ3) is 3.16. The molecule has 0 bridgehead atoms. The molecule has 0 radical (unpaired) electrons. The first-order chi connectivity index (χ1) is 10.0. The van der Waals surface area contributed by atoms with E-state index in [-0.39, 0.29) is 11.6 Å². The van der Waals surface area contributed by atoms with E-state index in [1.807, 2.05) is 18.2 Å². The van der Waals surface area contributed by atoms with Crippen molar-refractivity contribution < 1.29 is 9.47 Å². The SMILES string of the molecule is COc1cccc(OC)c1C(N)C(C)(C)N1CCCCC1. The van der Waals surface area contributed by atoms with Crippen molar-refractivity contribution in [2.75, 3.05) is 27.3 Å². The Bertz CT molecular complexity index is 446. The van der Waals surface area contributed by atoms with Gasteiger partial charge in [0.1, 0.15) is 11.5 Å². The van der Waals surface area contributed by atoms with E-state index in [0.717, 1.165) is 30.2 Å². The molecule has 2 rings (SSSR count). The standard InChI is InChI=1S/C17H28N2O2/c1-17(2,19-11-6-5-7-12-19)16(18)15-13(20-3)9-8-10-14(15)21-4/h8-10,16H,5-7,11-12,18H2,1-4H3. The lowest BCUT2D eigenvalue weighted by molar-refractivity contribution is 0.0714. The fourth-order valence-corrected chi connectivity index (χ4v) is 3.21. The molecule has 0 amide bonds. The van der Waals surface area contributed by atoms with Crippen molar-refractivity contribution in [2.24, 2.45) is 5.73 Å². The molecule has 1 fully saturated rings. The largest absolute Gasteiger partial charge is 0.496 e. The molecule has 1 aromatic rings. The first-order valence-corrected chi connectivity index (χ1v) is 7.74. The first kappa shape index (κ1) is 16.1. The van der Waals surface area contributed by atoms with E-state index < -0.39 is 0 Å². The summed E-state index contributed by atoms with van der Waals surface area (Å²) in [5, 5.41) is 0. The number of likely N-dealkylation sites (tertiary alicyclic amines) is 1. The lowest BCUT2D eigenvalue weighted by atomic mass is 9.85. The van der Waals surface area contributed by atoms with E-state index in [0.29, 0.717) is 0 Å². The van der Waals surface area contributed by atoms with Crippen LogP contribution in [0.1, 0.15) is 44.7 Å². The van der Waals surface area contributed by atoms with Crippen LogP contribution in [0.25, 0.3) is 0 Å². The van der Waals surface area contributed by atoms with Gasteiger partial charge in [0.05, 0.1) is 25.8 Å². The Kier molecular flexibility index (Phi) is 5.12. The highest BCUT2D eigenvalue weighted by Gasteiger charge is 2.37. The number of benzene rings is 1. The molecular formula is C17H28N2O2. The molecule has 4 nitrogen and oxygen atoms in total. The monoisotopic (exact) mass is 292 g/mol. The second kappa shape index (κ2) is 6.67. The third-order valence-electron chi connectivity index (χ3n) is 4.71. The number of hydrogen-bond acceptors (Lipinski definition) is 4. The maximum atomic E-state index is 6.65. The van der Waals surface area contributed by atoms with Crippen molar-refractivity contribution in [2.45, 2.75) is 44.7 Å². The number of methoxy groups -OCH3 is 2. The minimum Gasteiger partial charge on any atom is -0.496 e. The topological polar surface area (TPSA) is 47.7 Å². The van der Waals surface area contributed by atoms with Gasteiger partial charge in [-0.3, -0.25) is 4.90 Å². The molecule has 0 aliphatic carbocycles. The van der Waals surface area contributed by atoms with Crippen molar-refractivity contribution in [1.29, 1.82) is 0 Å². The molecular weight excluding hydrogens is 264 g/mol. The highest BCUT2D eigenvalue weighted by Crippen LogP contribution is 2.40. The fourth-order valence-electron chi connectivity index (χ4n) is 3.21. The number of nitrogens with zero attached hydrogens (tertiary/aromatic N) is 1. The Hall–Kier alpha value is -1.26. The van der Waals surface area contributed by atoms with Gasteiger partial charge in [-0.25, -0.2) is 0 Å². The molecule has 1 atom stereocenters. The van der Waals surface area contributed by atoms with Crippen LogP contribution in [0.2, 0.25) is 0 Å². The van der Waals surface area contributed by atoms with Crippen molar-refractivity contribution in [1.82, 2.24) is 4.90 Å². The van der Waals surface area contributed by atoms with Crippen LogP contribution in [0.3, 0.4) is 0 Å². The smallest absolute Gasteiger partial charge is 0.127 e. The van der Waals surface area contributed by atoms with Crippen molar-refractivity contribution in [3.05, 3.63) is 23.8 Å². The summed E-state index contributed by atoms with van der Waals surface area (Å²) in [5.74, 6) is 1.60. The molecule has 0 aromatic heterocycles. The second-order valence-electron chi connectivity index (χ2n) is 6.26. The third-order valence-corrected chi connectivity index (χ3v) is 4.71. The van der Waals surface area contributed by atoms with Crippen LogP contribution in [0.5, 0.6) is 11.5 Å². The lowest BCUT2D eigenvalue weighted by Gasteiger charge is -2.45. The van der Waals surface area contributed by atoms with E-state index in [4.69, 9.17) is 15.2 Å². The molecule has 1 unspecified atom stereocenters. The predicted octanol–water partition coefficient (Wildman–Crippen LogP) is 2.97. The van der Waals surface area contributed by atoms with Gasteiger partial charge in [-0.1, -0.05) is 12.5 Å². The normalized spacial score (nSPS) is 18.3. The van der Waals surface area contributed by atoms with E-state index in [1.165, 1.54) is 19.3 Å². The molecule has 2 N–H and O–H groups in total. The van der Waals surface area contributed by atoms with Crippen molar-refractivity contribution in [3.63, 3.8) is 0 Å². The van der Waals surface area contributed by atoms with Gasteiger partial charge in [0.15, 0.2) is 0 Å². The number of nitrogens with two attached hydrogens (primary N) is 1. The zero-order valence-corrected chi connectivity index (χ0v) is 13.7. The zero-order chi connectivity index (χ0) is 15.5. The summed E-state index contributed by atoms with van der Waals surface area (Å²) in [6.07, 6.45) is 3.82. The Balaban J connectivity index is 2.35. The summed E-state index contributed by atoms with van der Waals surface area (Å²) in [5.41, 5.74) is 7.47. The van der Waals surface area contributed by atoms with E-state index >= 15 is 0 Å². The number of piperidine rings is 1. The minimum absolute atomic E-state index is 0.137. The van der Waals surface area contributed by atoms with Crippen molar-refractivity contribution in [3.8, 4) is 11.5 Å². The predicted molar refractivity (Wildman–Crippen MR) is 86.0 cm³/mol. The molecule has 1 aromatic carbocycles. The zero-order valence-electron chi connectivity index (χ0n) is 13.7. The maximum Gasteiger partial charge on any atom is 0.127 e. The van der Waals surface area contributed by atoms with Crippen LogP contribution < -0.4 is 15.2 Å². The van der Waals surface area contributed by atoms with Gasteiger partial charge >= 0.3 is 0 Å². The van der Waals surface area contributed by atoms with Gasteiger partial charge in [-0.2, -0.15) is 0 Å². The van der Waals surface area contributed by atoms with Crippen LogP contribution in [0, 0.1) is 0 Å².